The standard InChI is InChI=1S/C24H30N2O7S/c1-4-26(5-2)34(29,30)18-8-11-21(31-3)19(16-18)25-24(28)12-9-20(27)17-7-10-22-23(15-17)33-14-6-13-32-22/h7-8,10-11,15-16H,4-6,9,12-14H2,1-3H3,(H,25,28). The molecule has 0 bridgehead atoms. The Labute approximate surface area is 200 Å². The number of nitrogens with one attached hydrogen (secondary N) is 1. The van der Waals surface area contributed by atoms with Crippen LogP contribution in [0.3, 0.4) is 0 Å². The van der Waals surface area contributed by atoms with Crippen LogP contribution in [0.15, 0.2) is 41.3 Å². The number of carbonyl (C=O) groups is 2. The zero-order valence-electron chi connectivity index (χ0n) is 19.6. The number of Topliss-reactive ketones (excluding diaryl/α,β-unsaturated/α-hetero) is 1. The molecule has 2 aromatic rings. The third-order valence-electron chi connectivity index (χ3n) is 5.44. The lowest BCUT2D eigenvalue weighted by Gasteiger charge is -2.19. The average Bonchev–Trinajstić information content (AvgIpc) is 3.08. The van der Waals surface area contributed by atoms with Crippen molar-refractivity contribution >= 4 is 27.4 Å². The van der Waals surface area contributed by atoms with E-state index in [4.69, 9.17) is 14.2 Å². The number of amides is 1. The number of anilines is 1. The minimum absolute atomic E-state index is 0.0226. The molecule has 1 heterocycles. The van der Waals surface area contributed by atoms with E-state index in [1.165, 1.54) is 29.6 Å². The normalized spacial score (nSPS) is 13.3. The highest BCUT2D eigenvalue weighted by molar-refractivity contribution is 7.89. The van der Waals surface area contributed by atoms with Crippen LogP contribution >= 0.6 is 0 Å². The fourth-order valence-corrected chi connectivity index (χ4v) is 5.06. The predicted octanol–water partition coefficient (Wildman–Crippen LogP) is 3.49. The number of fused-ring (bicyclic) bond motifs is 1. The summed E-state index contributed by atoms with van der Waals surface area (Å²) in [7, 11) is -2.28. The van der Waals surface area contributed by atoms with Crippen molar-refractivity contribution in [1.29, 1.82) is 0 Å². The van der Waals surface area contributed by atoms with E-state index < -0.39 is 15.9 Å². The minimum Gasteiger partial charge on any atom is -0.495 e. The largest absolute Gasteiger partial charge is 0.495 e. The van der Waals surface area contributed by atoms with Gasteiger partial charge in [0.15, 0.2) is 17.3 Å². The first-order chi connectivity index (χ1) is 16.3. The van der Waals surface area contributed by atoms with Gasteiger partial charge in [0, 0.05) is 37.9 Å². The Morgan fingerprint density at radius 2 is 1.71 bits per heavy atom. The molecule has 2 aromatic carbocycles. The summed E-state index contributed by atoms with van der Waals surface area (Å²) >= 11 is 0. The van der Waals surface area contributed by atoms with Crippen LogP contribution in [-0.4, -0.2) is 57.8 Å². The molecule has 0 aromatic heterocycles. The molecular weight excluding hydrogens is 460 g/mol. The maximum absolute atomic E-state index is 12.8. The van der Waals surface area contributed by atoms with Gasteiger partial charge < -0.3 is 19.5 Å². The van der Waals surface area contributed by atoms with E-state index in [0.717, 1.165) is 6.42 Å². The summed E-state index contributed by atoms with van der Waals surface area (Å²) < 4.78 is 43.5. The molecule has 10 heteroatoms. The molecule has 0 saturated heterocycles. The van der Waals surface area contributed by atoms with Gasteiger partial charge in [0.1, 0.15) is 5.75 Å². The van der Waals surface area contributed by atoms with E-state index in [0.29, 0.717) is 49.1 Å². The molecule has 1 N–H and O–H groups in total. The highest BCUT2D eigenvalue weighted by atomic mass is 32.2. The SMILES string of the molecule is CCN(CC)S(=O)(=O)c1ccc(OC)c(NC(=O)CCC(=O)c2ccc3c(c2)OCCCO3)c1. The minimum atomic E-state index is -3.71. The van der Waals surface area contributed by atoms with Crippen molar-refractivity contribution in [2.75, 3.05) is 38.7 Å². The lowest BCUT2D eigenvalue weighted by atomic mass is 10.1. The molecule has 0 unspecified atom stereocenters. The van der Waals surface area contributed by atoms with E-state index in [9.17, 15) is 18.0 Å². The Hall–Kier alpha value is -3.11. The molecule has 0 atom stereocenters. The van der Waals surface area contributed by atoms with Crippen LogP contribution in [0.2, 0.25) is 0 Å². The summed E-state index contributed by atoms with van der Waals surface area (Å²) in [5, 5.41) is 2.67. The van der Waals surface area contributed by atoms with Gasteiger partial charge in [-0.05, 0) is 36.4 Å². The fraction of sp³-hybridized carbons (Fsp3) is 0.417. The second-order valence-electron chi connectivity index (χ2n) is 7.63. The number of sulfonamides is 1. The molecule has 0 fully saturated rings. The first kappa shape index (κ1) is 25.5. The molecule has 0 saturated carbocycles. The zero-order chi connectivity index (χ0) is 24.7. The maximum atomic E-state index is 12.8. The van der Waals surface area contributed by atoms with Gasteiger partial charge in [-0.2, -0.15) is 4.31 Å². The van der Waals surface area contributed by atoms with Crippen LogP contribution in [0.5, 0.6) is 17.2 Å². The van der Waals surface area contributed by atoms with Crippen LogP contribution in [0, 0.1) is 0 Å². The number of ketones is 1. The third kappa shape index (κ3) is 5.87. The van der Waals surface area contributed by atoms with Crippen molar-refractivity contribution in [1.82, 2.24) is 4.31 Å². The highest BCUT2D eigenvalue weighted by Crippen LogP contribution is 2.31. The molecule has 0 spiro atoms. The van der Waals surface area contributed by atoms with Crippen molar-refractivity contribution in [3.05, 3.63) is 42.0 Å². The molecule has 184 valence electrons. The van der Waals surface area contributed by atoms with Crippen molar-refractivity contribution in [2.45, 2.75) is 38.0 Å². The lowest BCUT2D eigenvalue weighted by Crippen LogP contribution is -2.30. The average molecular weight is 491 g/mol. The number of rotatable bonds is 10. The number of hydrogen-bond acceptors (Lipinski definition) is 7. The van der Waals surface area contributed by atoms with E-state index in [1.54, 1.807) is 32.0 Å². The van der Waals surface area contributed by atoms with Gasteiger partial charge in [-0.3, -0.25) is 9.59 Å². The van der Waals surface area contributed by atoms with Gasteiger partial charge in [-0.1, -0.05) is 13.8 Å². The summed E-state index contributed by atoms with van der Waals surface area (Å²) in [4.78, 5) is 25.3. The number of methoxy groups -OCH3 is 1. The fourth-order valence-electron chi connectivity index (χ4n) is 3.58. The summed E-state index contributed by atoms with van der Waals surface area (Å²) in [6, 6.07) is 9.28. The van der Waals surface area contributed by atoms with Crippen molar-refractivity contribution in [3.8, 4) is 17.2 Å². The van der Waals surface area contributed by atoms with E-state index in [1.807, 2.05) is 0 Å². The van der Waals surface area contributed by atoms with E-state index >= 15 is 0 Å². The number of nitrogens with zero attached hydrogens (tertiary/aromatic N) is 1. The summed E-state index contributed by atoms with van der Waals surface area (Å²) in [6.07, 6.45) is 0.660. The Balaban J connectivity index is 1.68. The lowest BCUT2D eigenvalue weighted by molar-refractivity contribution is -0.116. The Morgan fingerprint density at radius 1 is 1.00 bits per heavy atom. The number of benzene rings is 2. The van der Waals surface area contributed by atoms with Crippen molar-refractivity contribution in [2.24, 2.45) is 0 Å². The van der Waals surface area contributed by atoms with Crippen molar-refractivity contribution < 1.29 is 32.2 Å². The number of carbonyl (C=O) groups excluding carboxylic acids is 2. The van der Waals surface area contributed by atoms with Gasteiger partial charge in [0.05, 0.1) is 30.9 Å². The highest BCUT2D eigenvalue weighted by Gasteiger charge is 2.23. The van der Waals surface area contributed by atoms with E-state index in [2.05, 4.69) is 5.32 Å². The first-order valence-electron chi connectivity index (χ1n) is 11.2. The first-order valence-corrected chi connectivity index (χ1v) is 12.6. The zero-order valence-corrected chi connectivity index (χ0v) is 20.4. The molecule has 9 nitrogen and oxygen atoms in total. The smallest absolute Gasteiger partial charge is 0.243 e. The van der Waals surface area contributed by atoms with Crippen LogP contribution < -0.4 is 19.5 Å². The van der Waals surface area contributed by atoms with Gasteiger partial charge in [0.25, 0.3) is 0 Å². The maximum Gasteiger partial charge on any atom is 0.243 e. The Kier molecular flexibility index (Phi) is 8.51. The summed E-state index contributed by atoms with van der Waals surface area (Å²) in [5.74, 6) is 0.789. The Bertz CT molecular complexity index is 1140. The molecule has 1 aliphatic rings. The predicted molar refractivity (Wildman–Crippen MR) is 127 cm³/mol. The van der Waals surface area contributed by atoms with E-state index in [-0.39, 0.29) is 29.2 Å². The van der Waals surface area contributed by atoms with Crippen LogP contribution in [0.4, 0.5) is 5.69 Å². The number of ether oxygens (including phenoxy) is 3. The molecular formula is C24H30N2O7S. The molecule has 0 aliphatic carbocycles. The molecule has 0 radical (unpaired) electrons. The van der Waals surface area contributed by atoms with Crippen LogP contribution in [0.25, 0.3) is 0 Å². The molecule has 1 aliphatic heterocycles. The van der Waals surface area contributed by atoms with Crippen LogP contribution in [0.1, 0.15) is 43.5 Å². The quantitative estimate of drug-likeness (QED) is 0.508. The molecule has 3 rings (SSSR count). The summed E-state index contributed by atoms with van der Waals surface area (Å²) in [5.41, 5.74) is 0.658. The van der Waals surface area contributed by atoms with Crippen LogP contribution in [-0.2, 0) is 14.8 Å². The second-order valence-corrected chi connectivity index (χ2v) is 9.57. The molecule has 1 amide bonds. The topological polar surface area (TPSA) is 111 Å². The molecule has 34 heavy (non-hydrogen) atoms. The monoisotopic (exact) mass is 490 g/mol. The van der Waals surface area contributed by atoms with Gasteiger partial charge in [-0.15, -0.1) is 0 Å². The van der Waals surface area contributed by atoms with Gasteiger partial charge >= 0.3 is 0 Å². The third-order valence-corrected chi connectivity index (χ3v) is 7.48. The van der Waals surface area contributed by atoms with Gasteiger partial charge in [-0.25, -0.2) is 8.42 Å². The van der Waals surface area contributed by atoms with Crippen molar-refractivity contribution in [3.63, 3.8) is 0 Å². The number of hydrogen-bond donors (Lipinski definition) is 1. The van der Waals surface area contributed by atoms with Gasteiger partial charge in [0.2, 0.25) is 15.9 Å². The Morgan fingerprint density at radius 3 is 2.38 bits per heavy atom. The summed E-state index contributed by atoms with van der Waals surface area (Å²) in [6.45, 7) is 5.24. The second kappa shape index (κ2) is 11.3.